The zero-order valence-electron chi connectivity index (χ0n) is 12.4. The molecule has 0 amide bonds. The molecule has 0 bridgehead atoms. The monoisotopic (exact) mass is 284 g/mol. The average Bonchev–Trinajstić information content (AvgIpc) is 2.59. The van der Waals surface area contributed by atoms with Crippen LogP contribution in [0.15, 0.2) is 83.9 Å². The van der Waals surface area contributed by atoms with Crippen LogP contribution in [-0.4, -0.2) is 4.57 Å². The van der Waals surface area contributed by atoms with Gasteiger partial charge in [0, 0.05) is 23.3 Å². The number of aromatic nitrogens is 1. The van der Waals surface area contributed by atoms with E-state index in [1.807, 2.05) is 30.3 Å². The summed E-state index contributed by atoms with van der Waals surface area (Å²) >= 11 is 0. The first-order valence-electron chi connectivity index (χ1n) is 7.41. The molecule has 0 aliphatic carbocycles. The third kappa shape index (κ3) is 2.01. The summed E-state index contributed by atoms with van der Waals surface area (Å²) in [4.78, 5) is 4.88. The highest BCUT2D eigenvalue weighted by Crippen LogP contribution is 2.22. The number of hydrogen-bond donors (Lipinski definition) is 0. The maximum Gasteiger partial charge on any atom is 0.141 e. The first kappa shape index (κ1) is 12.8. The van der Waals surface area contributed by atoms with E-state index in [9.17, 15) is 0 Å². The van der Waals surface area contributed by atoms with E-state index in [1.54, 1.807) is 0 Å². The molecule has 0 N–H and O–H groups in total. The highest BCUT2D eigenvalue weighted by molar-refractivity contribution is 6.05. The van der Waals surface area contributed by atoms with Crippen LogP contribution < -0.4 is 5.49 Å². The molecular formula is C20H16N2. The van der Waals surface area contributed by atoms with Crippen molar-refractivity contribution in [3.05, 3.63) is 84.4 Å². The molecule has 1 aromatic heterocycles. The van der Waals surface area contributed by atoms with Crippen LogP contribution in [0.3, 0.4) is 0 Å². The maximum atomic E-state index is 4.88. The molecule has 0 unspecified atom stereocenters. The Hall–Kier alpha value is -2.87. The third-order valence-electron chi connectivity index (χ3n) is 4.03. The van der Waals surface area contributed by atoms with Gasteiger partial charge in [0.15, 0.2) is 0 Å². The first-order valence-corrected chi connectivity index (χ1v) is 7.41. The fraction of sp³-hybridized carbons (Fsp3) is 0.0500. The van der Waals surface area contributed by atoms with Crippen molar-refractivity contribution in [2.24, 2.45) is 12.0 Å². The van der Waals surface area contributed by atoms with Crippen LogP contribution in [0.5, 0.6) is 0 Å². The van der Waals surface area contributed by atoms with E-state index in [2.05, 4.69) is 60.1 Å². The Morgan fingerprint density at radius 3 is 2.00 bits per heavy atom. The summed E-state index contributed by atoms with van der Waals surface area (Å²) in [5, 5.41) is 3.67. The predicted octanol–water partition coefficient (Wildman–Crippen LogP) is 4.56. The Morgan fingerprint density at radius 1 is 0.636 bits per heavy atom. The lowest BCUT2D eigenvalue weighted by Crippen LogP contribution is -2.19. The van der Waals surface area contributed by atoms with Crippen molar-refractivity contribution < 1.29 is 0 Å². The molecular weight excluding hydrogens is 268 g/mol. The van der Waals surface area contributed by atoms with E-state index in [1.165, 1.54) is 21.7 Å². The molecule has 2 heteroatoms. The fourth-order valence-electron chi connectivity index (χ4n) is 2.96. The van der Waals surface area contributed by atoms with E-state index in [4.69, 9.17) is 4.99 Å². The normalized spacial score (nSPS) is 12.1. The zero-order chi connectivity index (χ0) is 14.9. The molecule has 0 aliphatic rings. The van der Waals surface area contributed by atoms with Crippen LogP contribution in [0.25, 0.3) is 21.7 Å². The van der Waals surface area contributed by atoms with Crippen molar-refractivity contribution in [3.8, 4) is 0 Å². The lowest BCUT2D eigenvalue weighted by Gasteiger charge is -2.11. The van der Waals surface area contributed by atoms with Gasteiger partial charge in [0.1, 0.15) is 5.49 Å². The maximum absolute atomic E-state index is 4.88. The molecule has 0 atom stereocenters. The van der Waals surface area contributed by atoms with Crippen molar-refractivity contribution in [1.82, 2.24) is 4.57 Å². The van der Waals surface area contributed by atoms with Crippen LogP contribution in [0, 0.1) is 0 Å². The first-order chi connectivity index (χ1) is 10.8. The minimum atomic E-state index is 0.971. The minimum absolute atomic E-state index is 0.971. The smallest absolute Gasteiger partial charge is 0.141 e. The SMILES string of the molecule is Cn1c(=Nc2ccccc2)c2ccccc2c2ccccc21. The molecule has 4 aromatic rings. The number of rotatable bonds is 1. The van der Waals surface area contributed by atoms with Gasteiger partial charge in [0.05, 0.1) is 5.69 Å². The summed E-state index contributed by atoms with van der Waals surface area (Å²) in [6.07, 6.45) is 0. The van der Waals surface area contributed by atoms with E-state index >= 15 is 0 Å². The fourth-order valence-corrected chi connectivity index (χ4v) is 2.96. The molecule has 22 heavy (non-hydrogen) atoms. The number of benzene rings is 3. The largest absolute Gasteiger partial charge is 0.328 e. The second kappa shape index (κ2) is 5.15. The molecule has 0 aliphatic heterocycles. The molecule has 0 radical (unpaired) electrons. The van der Waals surface area contributed by atoms with Crippen molar-refractivity contribution in [2.45, 2.75) is 0 Å². The number of aryl methyl sites for hydroxylation is 1. The van der Waals surface area contributed by atoms with Crippen molar-refractivity contribution in [2.75, 3.05) is 0 Å². The summed E-state index contributed by atoms with van der Waals surface area (Å²) in [5.74, 6) is 0. The molecule has 1 heterocycles. The van der Waals surface area contributed by atoms with E-state index < -0.39 is 0 Å². The van der Waals surface area contributed by atoms with Gasteiger partial charge in [-0.1, -0.05) is 60.7 Å². The number of para-hydroxylation sites is 2. The Morgan fingerprint density at radius 2 is 1.23 bits per heavy atom. The predicted molar refractivity (Wildman–Crippen MR) is 92.1 cm³/mol. The quantitative estimate of drug-likeness (QED) is 0.456. The van der Waals surface area contributed by atoms with Gasteiger partial charge in [-0.3, -0.25) is 0 Å². The van der Waals surface area contributed by atoms with Gasteiger partial charge in [-0.25, -0.2) is 4.99 Å². The highest BCUT2D eigenvalue weighted by atomic mass is 15.0. The lowest BCUT2D eigenvalue weighted by molar-refractivity contribution is 0.890. The Labute approximate surface area is 129 Å². The van der Waals surface area contributed by atoms with Gasteiger partial charge in [0.25, 0.3) is 0 Å². The second-order valence-corrected chi connectivity index (χ2v) is 5.39. The second-order valence-electron chi connectivity index (χ2n) is 5.39. The number of hydrogen-bond acceptors (Lipinski definition) is 1. The molecule has 106 valence electrons. The van der Waals surface area contributed by atoms with Crippen molar-refractivity contribution in [3.63, 3.8) is 0 Å². The Bertz CT molecular complexity index is 1030. The molecule has 3 aromatic carbocycles. The van der Waals surface area contributed by atoms with Gasteiger partial charge in [0.2, 0.25) is 0 Å². The van der Waals surface area contributed by atoms with Crippen LogP contribution in [0.2, 0.25) is 0 Å². The van der Waals surface area contributed by atoms with E-state index in [0.29, 0.717) is 0 Å². The topological polar surface area (TPSA) is 17.3 Å². The third-order valence-corrected chi connectivity index (χ3v) is 4.03. The molecule has 0 saturated heterocycles. The summed E-state index contributed by atoms with van der Waals surface area (Å²) in [5.41, 5.74) is 3.15. The van der Waals surface area contributed by atoms with Crippen LogP contribution in [-0.2, 0) is 7.05 Å². The van der Waals surface area contributed by atoms with E-state index in [0.717, 1.165) is 11.2 Å². The number of pyridine rings is 1. The Balaban J connectivity index is 2.22. The summed E-state index contributed by atoms with van der Waals surface area (Å²) in [6.45, 7) is 0. The van der Waals surface area contributed by atoms with Gasteiger partial charge >= 0.3 is 0 Å². The van der Waals surface area contributed by atoms with Gasteiger partial charge < -0.3 is 4.57 Å². The molecule has 4 rings (SSSR count). The molecule has 2 nitrogen and oxygen atoms in total. The van der Waals surface area contributed by atoms with Crippen molar-refractivity contribution >= 4 is 27.4 Å². The standard InChI is InChI=1S/C20H16N2/c1-22-19-14-8-7-12-17(19)16-11-5-6-13-18(16)20(22)21-15-9-3-2-4-10-15/h2-14H,1H3. The van der Waals surface area contributed by atoms with Crippen LogP contribution in [0.1, 0.15) is 0 Å². The van der Waals surface area contributed by atoms with Gasteiger partial charge in [-0.15, -0.1) is 0 Å². The van der Waals surface area contributed by atoms with E-state index in [-0.39, 0.29) is 0 Å². The zero-order valence-corrected chi connectivity index (χ0v) is 12.4. The molecule has 0 spiro atoms. The lowest BCUT2D eigenvalue weighted by atomic mass is 10.1. The van der Waals surface area contributed by atoms with Crippen LogP contribution >= 0.6 is 0 Å². The molecule has 0 saturated carbocycles. The summed E-state index contributed by atoms with van der Waals surface area (Å²) in [6, 6.07) is 27.0. The molecule has 0 fully saturated rings. The Kier molecular flexibility index (Phi) is 3.01. The average molecular weight is 284 g/mol. The summed E-state index contributed by atoms with van der Waals surface area (Å²) < 4.78 is 2.17. The van der Waals surface area contributed by atoms with Crippen molar-refractivity contribution in [1.29, 1.82) is 0 Å². The van der Waals surface area contributed by atoms with Crippen LogP contribution in [0.4, 0.5) is 5.69 Å². The highest BCUT2D eigenvalue weighted by Gasteiger charge is 2.06. The minimum Gasteiger partial charge on any atom is -0.328 e. The van der Waals surface area contributed by atoms with Gasteiger partial charge in [-0.05, 0) is 23.6 Å². The number of fused-ring (bicyclic) bond motifs is 3. The number of nitrogens with zero attached hydrogens (tertiary/aromatic N) is 2. The van der Waals surface area contributed by atoms with Gasteiger partial charge in [-0.2, -0.15) is 0 Å². The summed E-state index contributed by atoms with van der Waals surface area (Å²) in [7, 11) is 2.08.